The predicted octanol–water partition coefficient (Wildman–Crippen LogP) is 4.33. The SMILES string of the molecule is CCCCCCC(C)NCc1ccc(I)o1. The third kappa shape index (κ3) is 5.89. The highest BCUT2D eigenvalue weighted by Gasteiger charge is 2.03. The third-order valence-electron chi connectivity index (χ3n) is 2.74. The van der Waals surface area contributed by atoms with E-state index in [0.29, 0.717) is 6.04 Å². The molecule has 3 heteroatoms. The molecule has 1 unspecified atom stereocenters. The molecule has 16 heavy (non-hydrogen) atoms. The molecule has 0 saturated carbocycles. The van der Waals surface area contributed by atoms with Gasteiger partial charge in [0.25, 0.3) is 0 Å². The predicted molar refractivity (Wildman–Crippen MR) is 76.5 cm³/mol. The fraction of sp³-hybridized carbons (Fsp3) is 0.692. The molecule has 0 saturated heterocycles. The molecule has 2 nitrogen and oxygen atoms in total. The van der Waals surface area contributed by atoms with Crippen LogP contribution in [0.2, 0.25) is 0 Å². The molecule has 0 spiro atoms. The van der Waals surface area contributed by atoms with Crippen LogP contribution in [0.1, 0.15) is 51.7 Å². The molecule has 1 aromatic rings. The fourth-order valence-corrected chi connectivity index (χ4v) is 2.16. The Morgan fingerprint density at radius 1 is 1.31 bits per heavy atom. The van der Waals surface area contributed by atoms with E-state index in [-0.39, 0.29) is 0 Å². The molecule has 0 aliphatic rings. The molecule has 0 aliphatic heterocycles. The maximum Gasteiger partial charge on any atom is 0.164 e. The zero-order valence-electron chi connectivity index (χ0n) is 10.3. The van der Waals surface area contributed by atoms with E-state index in [4.69, 9.17) is 4.42 Å². The number of halogens is 1. The van der Waals surface area contributed by atoms with Crippen molar-refractivity contribution in [3.63, 3.8) is 0 Å². The average Bonchev–Trinajstić information content (AvgIpc) is 2.68. The Labute approximate surface area is 112 Å². The van der Waals surface area contributed by atoms with Crippen molar-refractivity contribution < 1.29 is 4.42 Å². The monoisotopic (exact) mass is 335 g/mol. The summed E-state index contributed by atoms with van der Waals surface area (Å²) in [6.07, 6.45) is 6.63. The molecule has 0 bridgehead atoms. The Bertz CT molecular complexity index is 285. The lowest BCUT2D eigenvalue weighted by atomic mass is 10.1. The second-order valence-electron chi connectivity index (χ2n) is 4.34. The van der Waals surface area contributed by atoms with Gasteiger partial charge in [-0.2, -0.15) is 0 Å². The average molecular weight is 335 g/mol. The van der Waals surface area contributed by atoms with E-state index in [1.807, 2.05) is 12.1 Å². The minimum atomic E-state index is 0.583. The number of hydrogen-bond acceptors (Lipinski definition) is 2. The van der Waals surface area contributed by atoms with Crippen LogP contribution in [0.4, 0.5) is 0 Å². The molecule has 0 aliphatic carbocycles. The van der Waals surface area contributed by atoms with Crippen molar-refractivity contribution in [2.45, 2.75) is 58.5 Å². The quantitative estimate of drug-likeness (QED) is 0.565. The van der Waals surface area contributed by atoms with Gasteiger partial charge in [-0.05, 0) is 48.1 Å². The molecule has 1 N–H and O–H groups in total. The van der Waals surface area contributed by atoms with Crippen molar-refractivity contribution in [2.75, 3.05) is 0 Å². The third-order valence-corrected chi connectivity index (χ3v) is 3.32. The topological polar surface area (TPSA) is 25.2 Å². The summed E-state index contributed by atoms with van der Waals surface area (Å²) in [6, 6.07) is 4.63. The fourth-order valence-electron chi connectivity index (χ4n) is 1.70. The van der Waals surface area contributed by atoms with Crippen LogP contribution in [0.3, 0.4) is 0 Å². The first kappa shape index (κ1) is 14.0. The second-order valence-corrected chi connectivity index (χ2v) is 5.40. The zero-order valence-corrected chi connectivity index (χ0v) is 12.4. The molecule has 1 aromatic heterocycles. The highest BCUT2D eigenvalue weighted by Crippen LogP contribution is 2.11. The van der Waals surface area contributed by atoms with Gasteiger partial charge >= 0.3 is 0 Å². The molecular weight excluding hydrogens is 313 g/mol. The van der Waals surface area contributed by atoms with Gasteiger partial charge in [0.05, 0.1) is 6.54 Å². The van der Waals surface area contributed by atoms with E-state index < -0.39 is 0 Å². The van der Waals surface area contributed by atoms with Crippen LogP contribution in [0.25, 0.3) is 0 Å². The number of furan rings is 1. The Morgan fingerprint density at radius 3 is 2.75 bits per heavy atom. The maximum atomic E-state index is 5.50. The number of hydrogen-bond donors (Lipinski definition) is 1. The van der Waals surface area contributed by atoms with Gasteiger partial charge in [-0.15, -0.1) is 0 Å². The van der Waals surface area contributed by atoms with Crippen molar-refractivity contribution >= 4 is 22.6 Å². The molecule has 92 valence electrons. The van der Waals surface area contributed by atoms with Crippen LogP contribution in [-0.4, -0.2) is 6.04 Å². The normalized spacial score (nSPS) is 12.9. The van der Waals surface area contributed by atoms with Gasteiger partial charge in [-0.1, -0.05) is 32.6 Å². The van der Waals surface area contributed by atoms with Gasteiger partial charge in [-0.3, -0.25) is 0 Å². The first-order valence-electron chi connectivity index (χ1n) is 6.20. The first-order valence-corrected chi connectivity index (χ1v) is 7.28. The Hall–Kier alpha value is -0.0300. The Morgan fingerprint density at radius 2 is 2.12 bits per heavy atom. The van der Waals surface area contributed by atoms with Crippen LogP contribution in [0, 0.1) is 3.77 Å². The lowest BCUT2D eigenvalue weighted by Crippen LogP contribution is -2.25. The zero-order chi connectivity index (χ0) is 11.8. The van der Waals surface area contributed by atoms with Crippen LogP contribution in [0.15, 0.2) is 16.5 Å². The lowest BCUT2D eigenvalue weighted by Gasteiger charge is -2.12. The van der Waals surface area contributed by atoms with Crippen molar-refractivity contribution in [1.82, 2.24) is 5.32 Å². The van der Waals surface area contributed by atoms with E-state index in [0.717, 1.165) is 16.1 Å². The van der Waals surface area contributed by atoms with Crippen LogP contribution in [0.5, 0.6) is 0 Å². The van der Waals surface area contributed by atoms with E-state index in [9.17, 15) is 0 Å². The van der Waals surface area contributed by atoms with Crippen LogP contribution >= 0.6 is 22.6 Å². The molecule has 1 atom stereocenters. The van der Waals surface area contributed by atoms with Crippen LogP contribution in [-0.2, 0) is 6.54 Å². The maximum absolute atomic E-state index is 5.50. The van der Waals surface area contributed by atoms with Crippen LogP contribution < -0.4 is 5.32 Å². The van der Waals surface area contributed by atoms with Crippen molar-refractivity contribution in [1.29, 1.82) is 0 Å². The number of rotatable bonds is 8. The van der Waals surface area contributed by atoms with Gasteiger partial charge in [0.1, 0.15) is 5.76 Å². The number of nitrogens with one attached hydrogen (secondary N) is 1. The molecule has 0 aromatic carbocycles. The highest BCUT2D eigenvalue weighted by atomic mass is 127. The van der Waals surface area contributed by atoms with E-state index in [1.165, 1.54) is 32.1 Å². The molecule has 1 heterocycles. The highest BCUT2D eigenvalue weighted by molar-refractivity contribution is 14.1. The molecular formula is C13H22INO. The van der Waals surface area contributed by atoms with Gasteiger partial charge < -0.3 is 9.73 Å². The Balaban J connectivity index is 2.08. The summed E-state index contributed by atoms with van der Waals surface area (Å²) in [5, 5.41) is 3.49. The summed E-state index contributed by atoms with van der Waals surface area (Å²) in [4.78, 5) is 0. The van der Waals surface area contributed by atoms with Crippen molar-refractivity contribution in [2.24, 2.45) is 0 Å². The van der Waals surface area contributed by atoms with Crippen molar-refractivity contribution in [3.8, 4) is 0 Å². The largest absolute Gasteiger partial charge is 0.454 e. The minimum absolute atomic E-state index is 0.583. The van der Waals surface area contributed by atoms with E-state index in [1.54, 1.807) is 0 Å². The molecule has 1 rings (SSSR count). The van der Waals surface area contributed by atoms with E-state index >= 15 is 0 Å². The lowest BCUT2D eigenvalue weighted by molar-refractivity contribution is 0.423. The Kier molecular flexibility index (Phi) is 7.12. The van der Waals surface area contributed by atoms with E-state index in [2.05, 4.69) is 41.8 Å². The van der Waals surface area contributed by atoms with Gasteiger partial charge in [0, 0.05) is 6.04 Å². The smallest absolute Gasteiger partial charge is 0.164 e. The minimum Gasteiger partial charge on any atom is -0.454 e. The first-order chi connectivity index (χ1) is 7.72. The summed E-state index contributed by atoms with van der Waals surface area (Å²) in [5.74, 6) is 1.03. The van der Waals surface area contributed by atoms with Crippen molar-refractivity contribution in [3.05, 3.63) is 21.7 Å². The molecule has 0 amide bonds. The summed E-state index contributed by atoms with van der Waals surface area (Å²) in [6.45, 7) is 5.35. The summed E-state index contributed by atoms with van der Waals surface area (Å²) >= 11 is 2.20. The van der Waals surface area contributed by atoms with Gasteiger partial charge in [0.15, 0.2) is 3.77 Å². The van der Waals surface area contributed by atoms with Gasteiger partial charge in [-0.25, -0.2) is 0 Å². The van der Waals surface area contributed by atoms with Gasteiger partial charge in [0.2, 0.25) is 0 Å². The summed E-state index contributed by atoms with van der Waals surface area (Å²) in [7, 11) is 0. The standard InChI is InChI=1S/C13H22INO/c1-3-4-5-6-7-11(2)15-10-12-8-9-13(14)16-12/h8-9,11,15H,3-7,10H2,1-2H3. The number of unbranched alkanes of at least 4 members (excludes halogenated alkanes) is 3. The molecule has 0 radical (unpaired) electrons. The summed E-state index contributed by atoms with van der Waals surface area (Å²) in [5.41, 5.74) is 0. The summed E-state index contributed by atoms with van der Waals surface area (Å²) < 4.78 is 6.46. The molecule has 0 fully saturated rings. The second kappa shape index (κ2) is 8.12.